The van der Waals surface area contributed by atoms with Gasteiger partial charge >= 0.3 is 0 Å². The number of Topliss-reactive ketones (excluding diaryl/α,β-unsaturated/α-hetero) is 1. The fourth-order valence-corrected chi connectivity index (χ4v) is 1.24. The number of rotatable bonds is 3. The van der Waals surface area contributed by atoms with E-state index in [4.69, 9.17) is 5.26 Å². The van der Waals surface area contributed by atoms with Crippen LogP contribution in [0, 0.1) is 17.1 Å². The van der Waals surface area contributed by atoms with Crippen LogP contribution in [0.5, 0.6) is 0 Å². The summed E-state index contributed by atoms with van der Waals surface area (Å²) in [5, 5.41) is 8.32. The van der Waals surface area contributed by atoms with Crippen molar-refractivity contribution in [3.63, 3.8) is 0 Å². The molecule has 0 amide bonds. The van der Waals surface area contributed by atoms with E-state index in [9.17, 15) is 9.18 Å². The zero-order valence-electron chi connectivity index (χ0n) is 7.88. The van der Waals surface area contributed by atoms with E-state index < -0.39 is 11.6 Å². The number of halogens is 1. The highest BCUT2D eigenvalue weighted by molar-refractivity contribution is 5.97. The first-order valence-electron chi connectivity index (χ1n) is 4.38. The molecule has 1 rings (SSSR count). The molecule has 0 bridgehead atoms. The van der Waals surface area contributed by atoms with Gasteiger partial charge in [-0.3, -0.25) is 4.79 Å². The smallest absolute Gasteiger partial charge is 0.179 e. The number of carbonyl (C=O) groups excluding carboxylic acids is 1. The Morgan fingerprint density at radius 3 is 2.86 bits per heavy atom. The predicted octanol–water partition coefficient (Wildman–Crippen LogP) is 2.48. The standard InChI is InChI=1S/C11H10FNO/c1-2-8-4-3-5-9(11(8)12)10(14)6-7-13/h3-5H,2,6H2,1H3. The van der Waals surface area contributed by atoms with E-state index in [-0.39, 0.29) is 12.0 Å². The Balaban J connectivity index is 3.10. The van der Waals surface area contributed by atoms with Crippen LogP contribution in [0.2, 0.25) is 0 Å². The molecule has 0 aliphatic carbocycles. The summed E-state index contributed by atoms with van der Waals surface area (Å²) in [5.74, 6) is -0.949. The van der Waals surface area contributed by atoms with Crippen molar-refractivity contribution < 1.29 is 9.18 Å². The number of nitriles is 1. The normalized spacial score (nSPS) is 9.50. The molecule has 0 unspecified atom stereocenters. The molecule has 0 N–H and O–H groups in total. The van der Waals surface area contributed by atoms with E-state index in [1.807, 2.05) is 6.92 Å². The summed E-state index contributed by atoms with van der Waals surface area (Å²) in [7, 11) is 0. The number of hydrogen-bond donors (Lipinski definition) is 0. The second kappa shape index (κ2) is 4.52. The maximum absolute atomic E-state index is 13.5. The monoisotopic (exact) mass is 191 g/mol. The van der Waals surface area contributed by atoms with Crippen molar-refractivity contribution in [2.75, 3.05) is 0 Å². The van der Waals surface area contributed by atoms with Crippen LogP contribution in [-0.4, -0.2) is 5.78 Å². The van der Waals surface area contributed by atoms with E-state index in [1.54, 1.807) is 18.2 Å². The SMILES string of the molecule is CCc1cccc(C(=O)CC#N)c1F. The minimum Gasteiger partial charge on any atom is -0.293 e. The first kappa shape index (κ1) is 10.4. The highest BCUT2D eigenvalue weighted by Crippen LogP contribution is 2.14. The van der Waals surface area contributed by atoms with Crippen molar-refractivity contribution in [1.82, 2.24) is 0 Å². The molecule has 14 heavy (non-hydrogen) atoms. The molecule has 0 heterocycles. The van der Waals surface area contributed by atoms with Crippen LogP contribution in [0.3, 0.4) is 0 Å². The van der Waals surface area contributed by atoms with Crippen LogP contribution in [0.25, 0.3) is 0 Å². The van der Waals surface area contributed by atoms with Crippen LogP contribution in [0.1, 0.15) is 29.3 Å². The molecule has 2 nitrogen and oxygen atoms in total. The minimum absolute atomic E-state index is 0.0194. The zero-order valence-corrected chi connectivity index (χ0v) is 7.88. The molecule has 0 saturated heterocycles. The van der Waals surface area contributed by atoms with E-state index in [1.165, 1.54) is 6.07 Å². The van der Waals surface area contributed by atoms with Gasteiger partial charge in [-0.25, -0.2) is 4.39 Å². The predicted molar refractivity (Wildman–Crippen MR) is 50.3 cm³/mol. The molecular formula is C11H10FNO. The molecule has 0 aromatic heterocycles. The maximum Gasteiger partial charge on any atom is 0.179 e. The first-order valence-corrected chi connectivity index (χ1v) is 4.38. The van der Waals surface area contributed by atoms with E-state index >= 15 is 0 Å². The lowest BCUT2D eigenvalue weighted by atomic mass is 10.0. The van der Waals surface area contributed by atoms with Crippen molar-refractivity contribution in [1.29, 1.82) is 5.26 Å². The van der Waals surface area contributed by atoms with Gasteiger partial charge in [0, 0.05) is 0 Å². The lowest BCUT2D eigenvalue weighted by Gasteiger charge is -2.03. The first-order chi connectivity index (χ1) is 6.70. The highest BCUT2D eigenvalue weighted by Gasteiger charge is 2.13. The third kappa shape index (κ3) is 1.97. The lowest BCUT2D eigenvalue weighted by molar-refractivity contribution is 0.0993. The zero-order chi connectivity index (χ0) is 10.6. The van der Waals surface area contributed by atoms with Gasteiger partial charge in [-0.15, -0.1) is 0 Å². The Bertz CT molecular complexity index is 393. The molecule has 1 aromatic rings. The van der Waals surface area contributed by atoms with Crippen molar-refractivity contribution in [2.45, 2.75) is 19.8 Å². The molecule has 0 atom stereocenters. The van der Waals surface area contributed by atoms with Gasteiger partial charge in [0.1, 0.15) is 5.82 Å². The number of benzene rings is 1. The van der Waals surface area contributed by atoms with Crippen molar-refractivity contribution in [3.05, 3.63) is 35.1 Å². The maximum atomic E-state index is 13.5. The quantitative estimate of drug-likeness (QED) is 0.688. The fourth-order valence-electron chi connectivity index (χ4n) is 1.24. The average molecular weight is 191 g/mol. The summed E-state index contributed by atoms with van der Waals surface area (Å²) in [5.41, 5.74) is 0.527. The fraction of sp³-hybridized carbons (Fsp3) is 0.273. The molecule has 0 saturated carbocycles. The summed E-state index contributed by atoms with van der Waals surface area (Å²) < 4.78 is 13.5. The molecule has 0 spiro atoms. The molecular weight excluding hydrogens is 181 g/mol. The summed E-state index contributed by atoms with van der Waals surface area (Å²) in [4.78, 5) is 11.3. The largest absolute Gasteiger partial charge is 0.293 e. The second-order valence-electron chi connectivity index (χ2n) is 2.89. The molecule has 1 aromatic carbocycles. The molecule has 3 heteroatoms. The summed E-state index contributed by atoms with van der Waals surface area (Å²) in [6, 6.07) is 6.39. The highest BCUT2D eigenvalue weighted by atomic mass is 19.1. The summed E-state index contributed by atoms with van der Waals surface area (Å²) in [6.07, 6.45) is 0.267. The summed E-state index contributed by atoms with van der Waals surface area (Å²) >= 11 is 0. The van der Waals surface area contributed by atoms with E-state index in [0.29, 0.717) is 12.0 Å². The van der Waals surface area contributed by atoms with Crippen molar-refractivity contribution in [3.8, 4) is 6.07 Å². The molecule has 0 aliphatic rings. The van der Waals surface area contributed by atoms with Gasteiger partial charge < -0.3 is 0 Å². The Morgan fingerprint density at radius 2 is 2.29 bits per heavy atom. The topological polar surface area (TPSA) is 40.9 Å². The van der Waals surface area contributed by atoms with Crippen LogP contribution < -0.4 is 0 Å². The van der Waals surface area contributed by atoms with Crippen molar-refractivity contribution >= 4 is 5.78 Å². The van der Waals surface area contributed by atoms with Gasteiger partial charge in [-0.1, -0.05) is 19.1 Å². The molecule has 0 radical (unpaired) electrons. The van der Waals surface area contributed by atoms with Crippen molar-refractivity contribution in [2.24, 2.45) is 0 Å². The molecule has 72 valence electrons. The number of hydrogen-bond acceptors (Lipinski definition) is 2. The van der Waals surface area contributed by atoms with Gasteiger partial charge in [0.2, 0.25) is 0 Å². The lowest BCUT2D eigenvalue weighted by Crippen LogP contribution is -2.03. The second-order valence-corrected chi connectivity index (χ2v) is 2.89. The average Bonchev–Trinajstić information content (AvgIpc) is 2.18. The van der Waals surface area contributed by atoms with Crippen LogP contribution in [0.15, 0.2) is 18.2 Å². The van der Waals surface area contributed by atoms with Gasteiger partial charge in [-0.2, -0.15) is 5.26 Å². The number of nitrogens with zero attached hydrogens (tertiary/aromatic N) is 1. The van der Waals surface area contributed by atoms with Gasteiger partial charge in [0.25, 0.3) is 0 Å². The van der Waals surface area contributed by atoms with Gasteiger partial charge in [0.15, 0.2) is 5.78 Å². The number of carbonyl (C=O) groups is 1. The third-order valence-corrected chi connectivity index (χ3v) is 2.00. The Hall–Kier alpha value is -1.69. The Labute approximate surface area is 82.0 Å². The van der Waals surface area contributed by atoms with E-state index in [2.05, 4.69) is 0 Å². The number of ketones is 1. The van der Waals surface area contributed by atoms with Gasteiger partial charge in [0.05, 0.1) is 18.1 Å². The minimum atomic E-state index is -0.491. The number of aryl methyl sites for hydroxylation is 1. The van der Waals surface area contributed by atoms with Crippen LogP contribution in [0.4, 0.5) is 4.39 Å². The third-order valence-electron chi connectivity index (χ3n) is 2.00. The molecule has 0 fully saturated rings. The van der Waals surface area contributed by atoms with E-state index in [0.717, 1.165) is 0 Å². The molecule has 0 aliphatic heterocycles. The van der Waals surface area contributed by atoms with Crippen LogP contribution in [-0.2, 0) is 6.42 Å². The Kier molecular flexibility index (Phi) is 3.35. The summed E-state index contributed by atoms with van der Waals surface area (Å²) in [6.45, 7) is 1.82. The van der Waals surface area contributed by atoms with Crippen LogP contribution >= 0.6 is 0 Å². The Morgan fingerprint density at radius 1 is 1.57 bits per heavy atom. The van der Waals surface area contributed by atoms with Gasteiger partial charge in [-0.05, 0) is 18.1 Å².